The van der Waals surface area contributed by atoms with Crippen molar-refractivity contribution >= 4 is 16.9 Å². The number of aromatic nitrogens is 4. The first kappa shape index (κ1) is 14.7. The van der Waals surface area contributed by atoms with Crippen LogP contribution in [0.1, 0.15) is 26.7 Å². The summed E-state index contributed by atoms with van der Waals surface area (Å²) in [5.74, 6) is 0.880. The van der Waals surface area contributed by atoms with Crippen LogP contribution in [0.4, 0.5) is 5.82 Å². The molecule has 0 atom stereocenters. The fourth-order valence-corrected chi connectivity index (χ4v) is 2.31. The minimum absolute atomic E-state index is 0.866. The zero-order valence-corrected chi connectivity index (χ0v) is 12.6. The molecule has 0 amide bonds. The lowest BCUT2D eigenvalue weighted by molar-refractivity contribution is 0.298. The van der Waals surface area contributed by atoms with Gasteiger partial charge in [-0.1, -0.05) is 13.8 Å². The Balaban J connectivity index is 1.81. The maximum absolute atomic E-state index is 4.30. The molecule has 2 heterocycles. The second-order valence-electron chi connectivity index (χ2n) is 4.89. The number of anilines is 1. The van der Waals surface area contributed by atoms with Gasteiger partial charge in [-0.25, -0.2) is 9.97 Å². The van der Waals surface area contributed by atoms with E-state index in [0.29, 0.717) is 0 Å². The summed E-state index contributed by atoms with van der Waals surface area (Å²) < 4.78 is 1.77. The molecule has 110 valence electrons. The number of nitrogens with zero attached hydrogens (tertiary/aromatic N) is 5. The van der Waals surface area contributed by atoms with Gasteiger partial charge < -0.3 is 10.2 Å². The van der Waals surface area contributed by atoms with Crippen LogP contribution >= 0.6 is 0 Å². The molecule has 6 nitrogen and oxygen atoms in total. The third kappa shape index (κ3) is 3.45. The molecule has 20 heavy (non-hydrogen) atoms. The molecule has 0 bridgehead atoms. The first-order valence-electron chi connectivity index (χ1n) is 7.35. The van der Waals surface area contributed by atoms with Crippen LogP contribution in [0, 0.1) is 0 Å². The first-order chi connectivity index (χ1) is 9.76. The van der Waals surface area contributed by atoms with Gasteiger partial charge in [-0.05, 0) is 32.5 Å². The monoisotopic (exact) mass is 276 g/mol. The molecule has 2 aromatic heterocycles. The number of hydrogen-bond acceptors (Lipinski definition) is 5. The van der Waals surface area contributed by atoms with Gasteiger partial charge >= 0.3 is 0 Å². The molecule has 2 rings (SSSR count). The van der Waals surface area contributed by atoms with Gasteiger partial charge in [0, 0.05) is 13.6 Å². The summed E-state index contributed by atoms with van der Waals surface area (Å²) in [4.78, 5) is 11.0. The van der Waals surface area contributed by atoms with E-state index in [0.717, 1.165) is 42.9 Å². The second kappa shape index (κ2) is 7.19. The molecule has 1 N–H and O–H groups in total. The predicted molar refractivity (Wildman–Crippen MR) is 81.8 cm³/mol. The number of hydrogen-bond donors (Lipinski definition) is 1. The van der Waals surface area contributed by atoms with Crippen molar-refractivity contribution in [2.45, 2.75) is 26.7 Å². The van der Waals surface area contributed by atoms with Gasteiger partial charge in [-0.2, -0.15) is 5.10 Å². The summed E-state index contributed by atoms with van der Waals surface area (Å²) in [6.07, 6.45) is 5.74. The van der Waals surface area contributed by atoms with E-state index in [1.54, 1.807) is 11.0 Å². The van der Waals surface area contributed by atoms with E-state index in [-0.39, 0.29) is 0 Å². The van der Waals surface area contributed by atoms with E-state index in [1.165, 1.54) is 13.0 Å². The van der Waals surface area contributed by atoms with Crippen molar-refractivity contribution in [2.24, 2.45) is 7.05 Å². The minimum atomic E-state index is 0.866. The summed E-state index contributed by atoms with van der Waals surface area (Å²) in [5.41, 5.74) is 0.866. The lowest BCUT2D eigenvalue weighted by atomic mass is 10.3. The number of nitrogens with one attached hydrogen (secondary N) is 1. The fourth-order valence-electron chi connectivity index (χ4n) is 2.31. The van der Waals surface area contributed by atoms with E-state index in [9.17, 15) is 0 Å². The van der Waals surface area contributed by atoms with E-state index in [4.69, 9.17) is 0 Å². The summed E-state index contributed by atoms with van der Waals surface area (Å²) in [7, 11) is 1.89. The number of rotatable bonds is 8. The molecule has 0 fully saturated rings. The molecule has 0 aliphatic rings. The maximum atomic E-state index is 4.30. The molecule has 0 saturated carbocycles. The van der Waals surface area contributed by atoms with Crippen molar-refractivity contribution in [1.29, 1.82) is 0 Å². The zero-order valence-electron chi connectivity index (χ0n) is 12.6. The molecule has 0 radical (unpaired) electrons. The third-order valence-corrected chi connectivity index (χ3v) is 3.62. The lowest BCUT2D eigenvalue weighted by Crippen LogP contribution is -2.24. The molecule has 6 heteroatoms. The maximum Gasteiger partial charge on any atom is 0.163 e. The molecule has 2 aromatic rings. The zero-order chi connectivity index (χ0) is 14.4. The largest absolute Gasteiger partial charge is 0.369 e. The topological polar surface area (TPSA) is 58.9 Å². The van der Waals surface area contributed by atoms with Crippen molar-refractivity contribution in [3.8, 4) is 0 Å². The first-order valence-corrected chi connectivity index (χ1v) is 7.35. The van der Waals surface area contributed by atoms with Gasteiger partial charge in [-0.15, -0.1) is 0 Å². The molecule has 0 spiro atoms. The quantitative estimate of drug-likeness (QED) is 0.746. The van der Waals surface area contributed by atoms with Gasteiger partial charge in [0.05, 0.1) is 11.6 Å². The lowest BCUT2D eigenvalue weighted by Gasteiger charge is -2.17. The summed E-state index contributed by atoms with van der Waals surface area (Å²) in [5, 5.41) is 8.59. The Morgan fingerprint density at radius 1 is 1.20 bits per heavy atom. The average molecular weight is 276 g/mol. The van der Waals surface area contributed by atoms with Crippen molar-refractivity contribution in [3.63, 3.8) is 0 Å². The van der Waals surface area contributed by atoms with Crippen LogP contribution in [0.5, 0.6) is 0 Å². The van der Waals surface area contributed by atoms with Gasteiger partial charge in [-0.3, -0.25) is 4.68 Å². The molecule has 0 unspecified atom stereocenters. The Bertz CT molecular complexity index is 531. The normalized spacial score (nSPS) is 11.4. The molecule has 0 aliphatic carbocycles. The van der Waals surface area contributed by atoms with Crippen molar-refractivity contribution in [2.75, 3.05) is 31.5 Å². The van der Waals surface area contributed by atoms with E-state index >= 15 is 0 Å². The average Bonchev–Trinajstić information content (AvgIpc) is 2.85. The Kier molecular flexibility index (Phi) is 5.29. The van der Waals surface area contributed by atoms with Gasteiger partial charge in [0.1, 0.15) is 12.1 Å². The van der Waals surface area contributed by atoms with E-state index in [1.807, 2.05) is 13.2 Å². The molecule has 0 aromatic carbocycles. The summed E-state index contributed by atoms with van der Waals surface area (Å²) >= 11 is 0. The van der Waals surface area contributed by atoms with Crippen LogP contribution in [0.15, 0.2) is 12.5 Å². The van der Waals surface area contributed by atoms with Gasteiger partial charge in [0.2, 0.25) is 0 Å². The number of fused-ring (bicyclic) bond motifs is 1. The standard InChI is InChI=1S/C14H24N6/c1-4-20(5-2)9-7-6-8-15-13-12-10-18-19(3)14(12)17-11-16-13/h10-11H,4-9H2,1-3H3,(H,15,16,17). The predicted octanol–water partition coefficient (Wildman–Crippen LogP) is 1.90. The van der Waals surface area contributed by atoms with Crippen LogP contribution in [-0.2, 0) is 7.05 Å². The smallest absolute Gasteiger partial charge is 0.163 e. The Labute approximate surface area is 120 Å². The van der Waals surface area contributed by atoms with Crippen LogP contribution in [0.2, 0.25) is 0 Å². The summed E-state index contributed by atoms with van der Waals surface area (Å²) in [6.45, 7) is 8.78. The van der Waals surface area contributed by atoms with Crippen LogP contribution < -0.4 is 5.32 Å². The Morgan fingerprint density at radius 3 is 2.75 bits per heavy atom. The Morgan fingerprint density at radius 2 is 2.00 bits per heavy atom. The highest BCUT2D eigenvalue weighted by Crippen LogP contribution is 2.17. The van der Waals surface area contributed by atoms with Crippen molar-refractivity contribution < 1.29 is 0 Å². The Hall–Kier alpha value is -1.69. The summed E-state index contributed by atoms with van der Waals surface area (Å²) in [6, 6.07) is 0. The van der Waals surface area contributed by atoms with Crippen LogP contribution in [-0.4, -0.2) is 50.8 Å². The molecule has 0 saturated heterocycles. The van der Waals surface area contributed by atoms with Crippen LogP contribution in [0.3, 0.4) is 0 Å². The van der Waals surface area contributed by atoms with Crippen LogP contribution in [0.25, 0.3) is 11.0 Å². The van der Waals surface area contributed by atoms with Crippen molar-refractivity contribution in [3.05, 3.63) is 12.5 Å². The highest BCUT2D eigenvalue weighted by Gasteiger charge is 2.06. The minimum Gasteiger partial charge on any atom is -0.369 e. The highest BCUT2D eigenvalue weighted by atomic mass is 15.3. The highest BCUT2D eigenvalue weighted by molar-refractivity contribution is 5.85. The SMILES string of the molecule is CCN(CC)CCCCNc1ncnc2c1cnn2C. The van der Waals surface area contributed by atoms with Crippen molar-refractivity contribution in [1.82, 2.24) is 24.6 Å². The second-order valence-corrected chi connectivity index (χ2v) is 4.89. The van der Waals surface area contributed by atoms with E-state index < -0.39 is 0 Å². The number of aryl methyl sites for hydroxylation is 1. The fraction of sp³-hybridized carbons (Fsp3) is 0.643. The third-order valence-electron chi connectivity index (χ3n) is 3.62. The molecular weight excluding hydrogens is 252 g/mol. The van der Waals surface area contributed by atoms with Gasteiger partial charge in [0.25, 0.3) is 0 Å². The van der Waals surface area contributed by atoms with E-state index in [2.05, 4.69) is 39.1 Å². The molecule has 0 aliphatic heterocycles. The molecular formula is C14H24N6. The number of unbranched alkanes of at least 4 members (excludes halogenated alkanes) is 1. The van der Waals surface area contributed by atoms with Gasteiger partial charge in [0.15, 0.2) is 5.65 Å².